The number of likely N-dealkylation sites (N-methyl/N-ethyl adjacent to an activating group) is 1. The standard InChI is InChI=1S/C11H19BrN4O/c1-4-16(6-7-17-5-2)10-9(12)8-14-11(13-3)15-10/h8H,4-7H2,1-3H3,(H,13,14,15). The highest BCUT2D eigenvalue weighted by Gasteiger charge is 2.11. The summed E-state index contributed by atoms with van der Waals surface area (Å²) in [6, 6.07) is 0. The van der Waals surface area contributed by atoms with Crippen LogP contribution in [0.25, 0.3) is 0 Å². The smallest absolute Gasteiger partial charge is 0.224 e. The Morgan fingerprint density at radius 1 is 1.47 bits per heavy atom. The predicted octanol–water partition coefficient (Wildman–Crippen LogP) is 2.14. The van der Waals surface area contributed by atoms with Gasteiger partial charge >= 0.3 is 0 Å². The predicted molar refractivity (Wildman–Crippen MR) is 73.7 cm³/mol. The van der Waals surface area contributed by atoms with Gasteiger partial charge in [0.1, 0.15) is 5.82 Å². The Morgan fingerprint density at radius 2 is 2.24 bits per heavy atom. The Labute approximate surface area is 111 Å². The number of anilines is 2. The molecule has 0 spiro atoms. The van der Waals surface area contributed by atoms with Crippen molar-refractivity contribution in [2.45, 2.75) is 13.8 Å². The largest absolute Gasteiger partial charge is 0.380 e. The molecule has 0 saturated carbocycles. The second kappa shape index (κ2) is 7.45. The highest BCUT2D eigenvalue weighted by Crippen LogP contribution is 2.23. The highest BCUT2D eigenvalue weighted by atomic mass is 79.9. The SMILES string of the molecule is CCOCCN(CC)c1nc(NC)ncc1Br. The number of halogens is 1. The van der Waals surface area contributed by atoms with Gasteiger partial charge in [0.05, 0.1) is 11.1 Å². The van der Waals surface area contributed by atoms with Crippen LogP contribution in [0.4, 0.5) is 11.8 Å². The van der Waals surface area contributed by atoms with Crippen LogP contribution in [0.2, 0.25) is 0 Å². The molecule has 0 amide bonds. The summed E-state index contributed by atoms with van der Waals surface area (Å²) >= 11 is 3.47. The summed E-state index contributed by atoms with van der Waals surface area (Å²) in [6.07, 6.45) is 1.76. The third-order valence-electron chi connectivity index (χ3n) is 2.34. The normalized spacial score (nSPS) is 10.4. The first-order valence-corrected chi connectivity index (χ1v) is 6.55. The average Bonchev–Trinajstić information content (AvgIpc) is 2.36. The molecule has 0 aromatic carbocycles. The average molecular weight is 303 g/mol. The van der Waals surface area contributed by atoms with Crippen molar-refractivity contribution in [3.8, 4) is 0 Å². The van der Waals surface area contributed by atoms with Crippen LogP contribution in [-0.2, 0) is 4.74 Å². The van der Waals surface area contributed by atoms with Crippen molar-refractivity contribution in [3.63, 3.8) is 0 Å². The quantitative estimate of drug-likeness (QED) is 0.782. The van der Waals surface area contributed by atoms with E-state index in [1.165, 1.54) is 0 Å². The fourth-order valence-corrected chi connectivity index (χ4v) is 1.88. The number of aromatic nitrogens is 2. The van der Waals surface area contributed by atoms with Crippen LogP contribution >= 0.6 is 15.9 Å². The molecule has 1 rings (SSSR count). The van der Waals surface area contributed by atoms with E-state index in [-0.39, 0.29) is 0 Å². The van der Waals surface area contributed by atoms with Crippen molar-refractivity contribution in [1.82, 2.24) is 9.97 Å². The van der Waals surface area contributed by atoms with Crippen LogP contribution < -0.4 is 10.2 Å². The van der Waals surface area contributed by atoms with Crippen molar-refractivity contribution < 1.29 is 4.74 Å². The lowest BCUT2D eigenvalue weighted by Gasteiger charge is -2.23. The molecule has 17 heavy (non-hydrogen) atoms. The first-order valence-electron chi connectivity index (χ1n) is 5.75. The maximum atomic E-state index is 5.37. The third kappa shape index (κ3) is 4.12. The lowest BCUT2D eigenvalue weighted by atomic mass is 10.4. The Hall–Kier alpha value is -0.880. The van der Waals surface area contributed by atoms with Gasteiger partial charge in [-0.15, -0.1) is 0 Å². The lowest BCUT2D eigenvalue weighted by molar-refractivity contribution is 0.154. The van der Waals surface area contributed by atoms with Crippen LogP contribution in [-0.4, -0.2) is 43.3 Å². The van der Waals surface area contributed by atoms with E-state index in [2.05, 4.69) is 43.0 Å². The summed E-state index contributed by atoms with van der Waals surface area (Å²) in [5.41, 5.74) is 0. The molecular formula is C11H19BrN4O. The summed E-state index contributed by atoms with van der Waals surface area (Å²) in [7, 11) is 1.81. The molecule has 1 aromatic rings. The molecule has 0 saturated heterocycles. The monoisotopic (exact) mass is 302 g/mol. The zero-order valence-corrected chi connectivity index (χ0v) is 12.1. The zero-order valence-electron chi connectivity index (χ0n) is 10.5. The van der Waals surface area contributed by atoms with Crippen molar-refractivity contribution >= 4 is 27.7 Å². The van der Waals surface area contributed by atoms with Gasteiger partial charge in [0.2, 0.25) is 5.95 Å². The fourth-order valence-electron chi connectivity index (χ4n) is 1.43. The Morgan fingerprint density at radius 3 is 2.82 bits per heavy atom. The molecule has 5 nitrogen and oxygen atoms in total. The van der Waals surface area contributed by atoms with E-state index in [9.17, 15) is 0 Å². The van der Waals surface area contributed by atoms with Gasteiger partial charge in [-0.1, -0.05) is 0 Å². The number of hydrogen-bond donors (Lipinski definition) is 1. The molecule has 0 atom stereocenters. The van der Waals surface area contributed by atoms with Gasteiger partial charge in [0.25, 0.3) is 0 Å². The molecule has 1 heterocycles. The molecule has 1 aromatic heterocycles. The minimum Gasteiger partial charge on any atom is -0.380 e. The lowest BCUT2D eigenvalue weighted by Crippen LogP contribution is -2.28. The Kier molecular flexibility index (Phi) is 6.21. The van der Waals surface area contributed by atoms with Crippen molar-refractivity contribution in [3.05, 3.63) is 10.7 Å². The molecule has 0 aliphatic heterocycles. The van der Waals surface area contributed by atoms with E-state index in [0.29, 0.717) is 12.6 Å². The summed E-state index contributed by atoms with van der Waals surface area (Å²) in [4.78, 5) is 10.7. The van der Waals surface area contributed by atoms with E-state index >= 15 is 0 Å². The minimum atomic E-state index is 0.623. The summed E-state index contributed by atoms with van der Waals surface area (Å²) in [6.45, 7) is 7.24. The molecule has 0 radical (unpaired) electrons. The van der Waals surface area contributed by atoms with Gasteiger partial charge in [0, 0.05) is 32.9 Å². The second-order valence-corrected chi connectivity index (χ2v) is 4.25. The van der Waals surface area contributed by atoms with E-state index < -0.39 is 0 Å². The molecule has 96 valence electrons. The minimum absolute atomic E-state index is 0.623. The van der Waals surface area contributed by atoms with Gasteiger partial charge in [0.15, 0.2) is 0 Å². The van der Waals surface area contributed by atoms with E-state index in [1.807, 2.05) is 14.0 Å². The molecule has 6 heteroatoms. The molecule has 0 fully saturated rings. The van der Waals surface area contributed by atoms with Crippen molar-refractivity contribution in [1.29, 1.82) is 0 Å². The zero-order chi connectivity index (χ0) is 12.7. The summed E-state index contributed by atoms with van der Waals surface area (Å²) < 4.78 is 6.27. The van der Waals surface area contributed by atoms with Crippen LogP contribution in [0.3, 0.4) is 0 Å². The number of nitrogens with zero attached hydrogens (tertiary/aromatic N) is 3. The van der Waals surface area contributed by atoms with Gasteiger partial charge in [-0.05, 0) is 29.8 Å². The highest BCUT2D eigenvalue weighted by molar-refractivity contribution is 9.10. The van der Waals surface area contributed by atoms with E-state index in [1.54, 1.807) is 6.20 Å². The van der Waals surface area contributed by atoms with Crippen LogP contribution in [0.1, 0.15) is 13.8 Å². The molecule has 0 bridgehead atoms. The maximum absolute atomic E-state index is 5.37. The number of nitrogens with one attached hydrogen (secondary N) is 1. The van der Waals surface area contributed by atoms with E-state index in [0.717, 1.165) is 30.0 Å². The molecule has 0 aliphatic carbocycles. The van der Waals surface area contributed by atoms with Gasteiger partial charge in [-0.3, -0.25) is 0 Å². The van der Waals surface area contributed by atoms with E-state index in [4.69, 9.17) is 4.74 Å². The van der Waals surface area contributed by atoms with Crippen LogP contribution in [0.15, 0.2) is 10.7 Å². The number of rotatable bonds is 7. The van der Waals surface area contributed by atoms with Gasteiger partial charge < -0.3 is 15.0 Å². The van der Waals surface area contributed by atoms with Crippen LogP contribution in [0.5, 0.6) is 0 Å². The molecular weight excluding hydrogens is 284 g/mol. The van der Waals surface area contributed by atoms with Gasteiger partial charge in [-0.25, -0.2) is 4.98 Å². The maximum Gasteiger partial charge on any atom is 0.224 e. The first kappa shape index (κ1) is 14.2. The van der Waals surface area contributed by atoms with Gasteiger partial charge in [-0.2, -0.15) is 4.98 Å². The number of ether oxygens (including phenoxy) is 1. The molecule has 0 aliphatic rings. The first-order chi connectivity index (χ1) is 8.22. The van der Waals surface area contributed by atoms with Crippen molar-refractivity contribution in [2.75, 3.05) is 43.6 Å². The summed E-state index contributed by atoms with van der Waals surface area (Å²) in [5, 5.41) is 2.94. The summed E-state index contributed by atoms with van der Waals surface area (Å²) in [5.74, 6) is 1.52. The Balaban J connectivity index is 2.78. The fraction of sp³-hybridized carbons (Fsp3) is 0.636. The molecule has 1 N–H and O–H groups in total. The molecule has 0 unspecified atom stereocenters. The van der Waals surface area contributed by atoms with Crippen LogP contribution in [0, 0.1) is 0 Å². The third-order valence-corrected chi connectivity index (χ3v) is 2.90. The topological polar surface area (TPSA) is 50.3 Å². The second-order valence-electron chi connectivity index (χ2n) is 3.39. The van der Waals surface area contributed by atoms with Crippen molar-refractivity contribution in [2.24, 2.45) is 0 Å². The Bertz CT molecular complexity index is 348. The number of hydrogen-bond acceptors (Lipinski definition) is 5.